The number of piperazine rings is 1. The first kappa shape index (κ1) is 17.3. The maximum Gasteiger partial charge on any atom is 0.323 e. The number of aryl methyl sites for hydroxylation is 1. The summed E-state index contributed by atoms with van der Waals surface area (Å²) < 4.78 is 1.76. The van der Waals surface area contributed by atoms with Gasteiger partial charge in [-0.1, -0.05) is 33.1 Å². The van der Waals surface area contributed by atoms with E-state index in [0.717, 1.165) is 43.7 Å². The average molecular weight is 333 g/mol. The van der Waals surface area contributed by atoms with Gasteiger partial charge in [-0.05, 0) is 18.8 Å². The molecule has 0 bridgehead atoms. The highest BCUT2D eigenvalue weighted by molar-refractivity contribution is 5.88. The lowest BCUT2D eigenvalue weighted by Crippen LogP contribution is -2.53. The Bertz CT molecular complexity index is 554. The van der Waals surface area contributed by atoms with E-state index in [1.54, 1.807) is 4.68 Å². The third-order valence-electron chi connectivity index (χ3n) is 5.42. The lowest BCUT2D eigenvalue weighted by atomic mass is 9.94. The highest BCUT2D eigenvalue weighted by Crippen LogP contribution is 2.24. The summed E-state index contributed by atoms with van der Waals surface area (Å²) in [4.78, 5) is 17.1. The van der Waals surface area contributed by atoms with Gasteiger partial charge in [0.25, 0.3) is 0 Å². The Morgan fingerprint density at radius 3 is 2.42 bits per heavy atom. The summed E-state index contributed by atoms with van der Waals surface area (Å²) in [5.74, 6) is 1.14. The van der Waals surface area contributed by atoms with Crippen molar-refractivity contribution in [3.05, 3.63) is 11.8 Å². The molecule has 6 heteroatoms. The van der Waals surface area contributed by atoms with Crippen molar-refractivity contribution >= 4 is 11.8 Å². The molecule has 0 spiro atoms. The zero-order chi connectivity index (χ0) is 17.1. The lowest BCUT2D eigenvalue weighted by molar-refractivity contribution is 0.0942. The third-order valence-corrected chi connectivity index (χ3v) is 5.42. The molecule has 1 aromatic rings. The molecule has 1 aliphatic heterocycles. The molecular formula is C18H31N5O. The van der Waals surface area contributed by atoms with Crippen molar-refractivity contribution in [3.8, 4) is 0 Å². The van der Waals surface area contributed by atoms with E-state index in [2.05, 4.69) is 29.2 Å². The molecule has 2 fully saturated rings. The van der Waals surface area contributed by atoms with E-state index in [4.69, 9.17) is 0 Å². The minimum atomic E-state index is -0.00315. The van der Waals surface area contributed by atoms with E-state index >= 15 is 0 Å². The highest BCUT2D eigenvalue weighted by atomic mass is 16.2. The first-order valence-electron chi connectivity index (χ1n) is 9.38. The van der Waals surface area contributed by atoms with Crippen LogP contribution < -0.4 is 5.32 Å². The molecule has 24 heavy (non-hydrogen) atoms. The number of rotatable bonds is 3. The minimum absolute atomic E-state index is 0.00315. The van der Waals surface area contributed by atoms with Crippen LogP contribution in [-0.4, -0.2) is 57.8 Å². The molecule has 1 saturated heterocycles. The van der Waals surface area contributed by atoms with Crippen LogP contribution in [-0.2, 0) is 7.05 Å². The molecule has 0 aromatic carbocycles. The van der Waals surface area contributed by atoms with Crippen LogP contribution in [0.4, 0.5) is 10.6 Å². The molecule has 1 aromatic heterocycles. The summed E-state index contributed by atoms with van der Waals surface area (Å²) >= 11 is 0. The second kappa shape index (κ2) is 7.55. The second-order valence-electron chi connectivity index (χ2n) is 7.48. The average Bonchev–Trinajstić information content (AvgIpc) is 2.97. The number of nitrogens with zero attached hydrogens (tertiary/aromatic N) is 4. The summed E-state index contributed by atoms with van der Waals surface area (Å²) in [7, 11) is 1.88. The Morgan fingerprint density at radius 1 is 1.17 bits per heavy atom. The smallest absolute Gasteiger partial charge is 0.322 e. The standard InChI is InChI=1S/C18H31N5O/c1-14(2)16-13-17(21(3)20-16)19-18(24)23-11-9-22(10-12-23)15-7-5-4-6-8-15/h13-15H,4-12H2,1-3H3,(H,19,24). The molecular weight excluding hydrogens is 302 g/mol. The van der Waals surface area contributed by atoms with Crippen LogP contribution >= 0.6 is 0 Å². The molecule has 2 aliphatic rings. The number of anilines is 1. The fourth-order valence-corrected chi connectivity index (χ4v) is 3.81. The molecule has 2 amide bonds. The Kier molecular flexibility index (Phi) is 5.43. The van der Waals surface area contributed by atoms with Crippen molar-refractivity contribution in [3.63, 3.8) is 0 Å². The molecule has 0 unspecified atom stereocenters. The van der Waals surface area contributed by atoms with Crippen molar-refractivity contribution in [2.24, 2.45) is 7.05 Å². The first-order valence-corrected chi connectivity index (χ1v) is 9.38. The molecule has 1 saturated carbocycles. The number of aromatic nitrogens is 2. The van der Waals surface area contributed by atoms with E-state index in [-0.39, 0.29) is 6.03 Å². The van der Waals surface area contributed by atoms with Crippen LogP contribution in [0.3, 0.4) is 0 Å². The maximum atomic E-state index is 12.5. The predicted octanol–water partition coefficient (Wildman–Crippen LogP) is 3.03. The SMILES string of the molecule is CC(C)c1cc(NC(=O)N2CCN(C3CCCCC3)CC2)n(C)n1. The van der Waals surface area contributed by atoms with Crippen molar-refractivity contribution < 1.29 is 4.79 Å². The van der Waals surface area contributed by atoms with Gasteiger partial charge in [0, 0.05) is 45.3 Å². The summed E-state index contributed by atoms with van der Waals surface area (Å²) in [6.07, 6.45) is 6.79. The van der Waals surface area contributed by atoms with Crippen molar-refractivity contribution in [1.82, 2.24) is 19.6 Å². The van der Waals surface area contributed by atoms with Gasteiger partial charge in [0.15, 0.2) is 0 Å². The van der Waals surface area contributed by atoms with Crippen LogP contribution in [0.15, 0.2) is 6.07 Å². The molecule has 1 N–H and O–H groups in total. The zero-order valence-corrected chi connectivity index (χ0v) is 15.3. The predicted molar refractivity (Wildman–Crippen MR) is 96.3 cm³/mol. The normalized spacial score (nSPS) is 20.6. The fraction of sp³-hybridized carbons (Fsp3) is 0.778. The number of nitrogens with one attached hydrogen (secondary N) is 1. The lowest BCUT2D eigenvalue weighted by Gasteiger charge is -2.40. The van der Waals surface area contributed by atoms with E-state index < -0.39 is 0 Å². The largest absolute Gasteiger partial charge is 0.323 e. The van der Waals surface area contributed by atoms with Crippen LogP contribution in [0.2, 0.25) is 0 Å². The van der Waals surface area contributed by atoms with Crippen molar-refractivity contribution in [2.75, 3.05) is 31.5 Å². The summed E-state index contributed by atoms with van der Waals surface area (Å²) in [6.45, 7) is 7.85. The number of hydrogen-bond donors (Lipinski definition) is 1. The van der Waals surface area contributed by atoms with Crippen LogP contribution in [0.5, 0.6) is 0 Å². The molecule has 0 atom stereocenters. The molecule has 0 radical (unpaired) electrons. The zero-order valence-electron chi connectivity index (χ0n) is 15.3. The molecule has 3 rings (SSSR count). The van der Waals surface area contributed by atoms with Gasteiger partial charge in [0.1, 0.15) is 5.82 Å². The number of amides is 2. The molecule has 6 nitrogen and oxygen atoms in total. The van der Waals surface area contributed by atoms with Gasteiger partial charge >= 0.3 is 6.03 Å². The molecule has 2 heterocycles. The number of urea groups is 1. The minimum Gasteiger partial charge on any atom is -0.322 e. The van der Waals surface area contributed by atoms with Crippen molar-refractivity contribution in [2.45, 2.75) is 57.9 Å². The van der Waals surface area contributed by atoms with E-state index in [1.165, 1.54) is 32.1 Å². The fourth-order valence-electron chi connectivity index (χ4n) is 3.81. The van der Waals surface area contributed by atoms with Gasteiger partial charge in [-0.3, -0.25) is 14.9 Å². The van der Waals surface area contributed by atoms with Gasteiger partial charge < -0.3 is 4.90 Å². The summed E-state index contributed by atoms with van der Waals surface area (Å²) in [5, 5.41) is 7.48. The van der Waals surface area contributed by atoms with E-state index in [1.807, 2.05) is 18.0 Å². The topological polar surface area (TPSA) is 53.4 Å². The van der Waals surface area contributed by atoms with Gasteiger partial charge in [-0.15, -0.1) is 0 Å². The Morgan fingerprint density at radius 2 is 1.83 bits per heavy atom. The Hall–Kier alpha value is -1.56. The number of carbonyl (C=O) groups excluding carboxylic acids is 1. The summed E-state index contributed by atoms with van der Waals surface area (Å²) in [6, 6.07) is 2.71. The molecule has 134 valence electrons. The van der Waals surface area contributed by atoms with E-state index in [9.17, 15) is 4.79 Å². The van der Waals surface area contributed by atoms with Crippen LogP contribution in [0.25, 0.3) is 0 Å². The second-order valence-corrected chi connectivity index (χ2v) is 7.48. The molecule has 1 aliphatic carbocycles. The highest BCUT2D eigenvalue weighted by Gasteiger charge is 2.27. The van der Waals surface area contributed by atoms with E-state index in [0.29, 0.717) is 5.92 Å². The Balaban J connectivity index is 1.51. The summed E-state index contributed by atoms with van der Waals surface area (Å²) in [5.41, 5.74) is 1.01. The van der Waals surface area contributed by atoms with Gasteiger partial charge in [-0.2, -0.15) is 5.10 Å². The maximum absolute atomic E-state index is 12.5. The number of carbonyl (C=O) groups is 1. The van der Waals surface area contributed by atoms with Crippen molar-refractivity contribution in [1.29, 1.82) is 0 Å². The van der Waals surface area contributed by atoms with Gasteiger partial charge in [0.2, 0.25) is 0 Å². The number of hydrogen-bond acceptors (Lipinski definition) is 3. The first-order chi connectivity index (χ1) is 11.5. The van der Waals surface area contributed by atoms with Crippen LogP contribution in [0, 0.1) is 0 Å². The van der Waals surface area contributed by atoms with Gasteiger partial charge in [0.05, 0.1) is 5.69 Å². The monoisotopic (exact) mass is 333 g/mol. The van der Waals surface area contributed by atoms with Crippen LogP contribution in [0.1, 0.15) is 57.6 Å². The third kappa shape index (κ3) is 3.91. The Labute approximate surface area is 145 Å². The quantitative estimate of drug-likeness (QED) is 0.925. The van der Waals surface area contributed by atoms with Gasteiger partial charge in [-0.25, -0.2) is 4.79 Å².